The minimum Gasteiger partial charge on any atom is -0.489 e. The summed E-state index contributed by atoms with van der Waals surface area (Å²) in [6.45, 7) is 1.37. The molecule has 0 aromatic heterocycles. The van der Waals surface area contributed by atoms with Crippen LogP contribution < -0.4 is 24.3 Å². The first kappa shape index (κ1) is 20.1. The second-order valence-corrected chi connectivity index (χ2v) is 7.41. The summed E-state index contributed by atoms with van der Waals surface area (Å²) in [7, 11) is 0. The first-order valence-corrected chi connectivity index (χ1v) is 10.3. The van der Waals surface area contributed by atoms with Gasteiger partial charge in [-0.2, -0.15) is 0 Å². The third-order valence-electron chi connectivity index (χ3n) is 4.35. The highest BCUT2D eigenvalue weighted by molar-refractivity contribution is 9.10. The standard InChI is InChI=1S/C23H20BrNO5/c24-19-12-21-22(28-11-10-27-21)13-20(19)25-23(26)15-30-18-8-6-17(7-9-18)29-14-16-4-2-1-3-5-16/h1-9,12-13H,10-11,14-15H2,(H,25,26). The van der Waals surface area contributed by atoms with Crippen LogP contribution in [0.3, 0.4) is 0 Å². The molecule has 0 saturated carbocycles. The van der Waals surface area contributed by atoms with E-state index in [0.29, 0.717) is 47.2 Å². The lowest BCUT2D eigenvalue weighted by atomic mass is 10.2. The topological polar surface area (TPSA) is 66.0 Å². The van der Waals surface area contributed by atoms with Crippen molar-refractivity contribution < 1.29 is 23.7 Å². The number of rotatable bonds is 7. The van der Waals surface area contributed by atoms with Gasteiger partial charge in [-0.05, 0) is 45.8 Å². The lowest BCUT2D eigenvalue weighted by molar-refractivity contribution is -0.118. The molecular formula is C23H20BrNO5. The van der Waals surface area contributed by atoms with E-state index in [1.165, 1.54) is 0 Å². The van der Waals surface area contributed by atoms with Gasteiger partial charge in [-0.3, -0.25) is 4.79 Å². The predicted octanol–water partition coefficient (Wildman–Crippen LogP) is 4.82. The normalized spacial score (nSPS) is 12.2. The maximum atomic E-state index is 12.3. The van der Waals surface area contributed by atoms with Crippen molar-refractivity contribution in [2.24, 2.45) is 0 Å². The highest BCUT2D eigenvalue weighted by Gasteiger charge is 2.16. The molecule has 0 bridgehead atoms. The lowest BCUT2D eigenvalue weighted by Crippen LogP contribution is -2.21. The molecule has 0 saturated heterocycles. The molecule has 6 nitrogen and oxygen atoms in total. The molecule has 1 amide bonds. The summed E-state index contributed by atoms with van der Waals surface area (Å²) in [5.74, 6) is 2.29. The predicted molar refractivity (Wildman–Crippen MR) is 116 cm³/mol. The van der Waals surface area contributed by atoms with Crippen LogP contribution in [0.2, 0.25) is 0 Å². The first-order valence-electron chi connectivity index (χ1n) is 9.46. The number of anilines is 1. The second kappa shape index (κ2) is 9.54. The Morgan fingerprint density at radius 2 is 1.53 bits per heavy atom. The van der Waals surface area contributed by atoms with Gasteiger partial charge < -0.3 is 24.3 Å². The van der Waals surface area contributed by atoms with E-state index in [1.807, 2.05) is 42.5 Å². The molecule has 154 valence electrons. The second-order valence-electron chi connectivity index (χ2n) is 6.56. The van der Waals surface area contributed by atoms with Gasteiger partial charge in [-0.1, -0.05) is 30.3 Å². The highest BCUT2D eigenvalue weighted by atomic mass is 79.9. The summed E-state index contributed by atoms with van der Waals surface area (Å²) >= 11 is 3.43. The van der Waals surface area contributed by atoms with E-state index < -0.39 is 0 Å². The highest BCUT2D eigenvalue weighted by Crippen LogP contribution is 2.38. The summed E-state index contributed by atoms with van der Waals surface area (Å²) in [6.07, 6.45) is 0. The van der Waals surface area contributed by atoms with Gasteiger partial charge in [0.15, 0.2) is 18.1 Å². The summed E-state index contributed by atoms with van der Waals surface area (Å²) in [6, 6.07) is 20.6. The summed E-state index contributed by atoms with van der Waals surface area (Å²) < 4.78 is 23.1. The van der Waals surface area contributed by atoms with Crippen molar-refractivity contribution in [1.29, 1.82) is 0 Å². The van der Waals surface area contributed by atoms with Crippen LogP contribution in [0.1, 0.15) is 5.56 Å². The number of halogens is 1. The Kier molecular flexibility index (Phi) is 6.39. The van der Waals surface area contributed by atoms with Crippen molar-refractivity contribution in [2.75, 3.05) is 25.1 Å². The quantitative estimate of drug-likeness (QED) is 0.537. The Hall–Kier alpha value is -3.19. The van der Waals surface area contributed by atoms with Crippen LogP contribution in [0.15, 0.2) is 71.2 Å². The fourth-order valence-corrected chi connectivity index (χ4v) is 3.29. The molecule has 30 heavy (non-hydrogen) atoms. The minimum absolute atomic E-state index is 0.120. The van der Waals surface area contributed by atoms with E-state index in [0.717, 1.165) is 11.3 Å². The molecule has 7 heteroatoms. The van der Waals surface area contributed by atoms with E-state index >= 15 is 0 Å². The van der Waals surface area contributed by atoms with Crippen molar-refractivity contribution in [3.8, 4) is 23.0 Å². The van der Waals surface area contributed by atoms with E-state index in [9.17, 15) is 4.79 Å². The monoisotopic (exact) mass is 469 g/mol. The zero-order valence-corrected chi connectivity index (χ0v) is 17.7. The zero-order valence-electron chi connectivity index (χ0n) is 16.1. The van der Waals surface area contributed by atoms with Gasteiger partial charge in [0, 0.05) is 16.6 Å². The van der Waals surface area contributed by atoms with Gasteiger partial charge in [-0.25, -0.2) is 0 Å². The zero-order chi connectivity index (χ0) is 20.8. The number of nitrogens with one attached hydrogen (secondary N) is 1. The lowest BCUT2D eigenvalue weighted by Gasteiger charge is -2.20. The molecule has 0 radical (unpaired) electrons. The molecular weight excluding hydrogens is 450 g/mol. The number of carbonyl (C=O) groups is 1. The number of hydrogen-bond donors (Lipinski definition) is 1. The first-order chi connectivity index (χ1) is 14.7. The third kappa shape index (κ3) is 5.24. The molecule has 4 rings (SSSR count). The third-order valence-corrected chi connectivity index (χ3v) is 5.00. The van der Waals surface area contributed by atoms with Crippen LogP contribution in [0.25, 0.3) is 0 Å². The van der Waals surface area contributed by atoms with Crippen molar-refractivity contribution in [1.82, 2.24) is 0 Å². The molecule has 0 aliphatic carbocycles. The average Bonchev–Trinajstić information content (AvgIpc) is 2.78. The molecule has 1 N–H and O–H groups in total. The van der Waals surface area contributed by atoms with E-state index in [-0.39, 0.29) is 12.5 Å². The van der Waals surface area contributed by atoms with Gasteiger partial charge in [0.1, 0.15) is 31.3 Å². The van der Waals surface area contributed by atoms with Crippen molar-refractivity contribution in [3.05, 3.63) is 76.8 Å². The smallest absolute Gasteiger partial charge is 0.262 e. The van der Waals surface area contributed by atoms with Crippen molar-refractivity contribution in [2.45, 2.75) is 6.61 Å². The number of fused-ring (bicyclic) bond motifs is 1. The van der Waals surface area contributed by atoms with Crippen LogP contribution in [-0.4, -0.2) is 25.7 Å². The van der Waals surface area contributed by atoms with Gasteiger partial charge >= 0.3 is 0 Å². The molecule has 1 aliphatic rings. The van der Waals surface area contributed by atoms with Crippen LogP contribution in [-0.2, 0) is 11.4 Å². The molecule has 0 unspecified atom stereocenters. The van der Waals surface area contributed by atoms with Crippen LogP contribution >= 0.6 is 15.9 Å². The number of amides is 1. The fraction of sp³-hybridized carbons (Fsp3) is 0.174. The summed E-state index contributed by atoms with van der Waals surface area (Å²) in [5.41, 5.74) is 1.69. The molecule has 1 heterocycles. The van der Waals surface area contributed by atoms with Crippen molar-refractivity contribution >= 4 is 27.5 Å². The molecule has 0 fully saturated rings. The van der Waals surface area contributed by atoms with Crippen LogP contribution in [0.4, 0.5) is 5.69 Å². The Morgan fingerprint density at radius 1 is 0.900 bits per heavy atom. The Bertz CT molecular complexity index is 1010. The van der Waals surface area contributed by atoms with Crippen LogP contribution in [0, 0.1) is 0 Å². The van der Waals surface area contributed by atoms with Gasteiger partial charge in [0.05, 0.1) is 5.69 Å². The Labute approximate surface area is 182 Å². The van der Waals surface area contributed by atoms with E-state index in [1.54, 1.807) is 24.3 Å². The van der Waals surface area contributed by atoms with Gasteiger partial charge in [0.2, 0.25) is 0 Å². The van der Waals surface area contributed by atoms with E-state index in [2.05, 4.69) is 21.2 Å². The maximum absolute atomic E-state index is 12.3. The molecule has 3 aromatic carbocycles. The Morgan fingerprint density at radius 3 is 2.23 bits per heavy atom. The van der Waals surface area contributed by atoms with Crippen LogP contribution in [0.5, 0.6) is 23.0 Å². The molecule has 0 spiro atoms. The number of hydrogen-bond acceptors (Lipinski definition) is 5. The SMILES string of the molecule is O=C(COc1ccc(OCc2ccccc2)cc1)Nc1cc2c(cc1Br)OCCO2. The maximum Gasteiger partial charge on any atom is 0.262 e. The summed E-state index contributed by atoms with van der Waals surface area (Å²) in [4.78, 5) is 12.3. The molecule has 3 aromatic rings. The van der Waals surface area contributed by atoms with E-state index in [4.69, 9.17) is 18.9 Å². The summed E-state index contributed by atoms with van der Waals surface area (Å²) in [5, 5.41) is 2.81. The van der Waals surface area contributed by atoms with Gasteiger partial charge in [-0.15, -0.1) is 0 Å². The largest absolute Gasteiger partial charge is 0.489 e. The van der Waals surface area contributed by atoms with Gasteiger partial charge in [0.25, 0.3) is 5.91 Å². The number of ether oxygens (including phenoxy) is 4. The molecule has 1 aliphatic heterocycles. The fourth-order valence-electron chi connectivity index (χ4n) is 2.87. The number of carbonyl (C=O) groups excluding carboxylic acids is 1. The Balaban J connectivity index is 1.28. The molecule has 0 atom stereocenters. The number of benzene rings is 3. The average molecular weight is 470 g/mol. The minimum atomic E-state index is -0.281. The van der Waals surface area contributed by atoms with Crippen molar-refractivity contribution in [3.63, 3.8) is 0 Å².